The zero-order valence-electron chi connectivity index (χ0n) is 16.9. The van der Waals surface area contributed by atoms with Crippen LogP contribution in [0.3, 0.4) is 0 Å². The number of anilines is 1. The molecule has 8 heteroatoms. The second-order valence-electron chi connectivity index (χ2n) is 6.99. The van der Waals surface area contributed by atoms with Gasteiger partial charge in [-0.1, -0.05) is 90.2 Å². The summed E-state index contributed by atoms with van der Waals surface area (Å²) in [6, 6.07) is 29.3. The van der Waals surface area contributed by atoms with Crippen molar-refractivity contribution >= 4 is 22.4 Å². The van der Waals surface area contributed by atoms with Gasteiger partial charge >= 0.3 is 0 Å². The van der Waals surface area contributed by atoms with Crippen LogP contribution >= 0.6 is 11.3 Å². The Bertz CT molecular complexity index is 1280. The van der Waals surface area contributed by atoms with Crippen molar-refractivity contribution in [1.82, 2.24) is 25.0 Å². The lowest BCUT2D eigenvalue weighted by Gasteiger charge is -2.05. The molecule has 3 aromatic carbocycles. The SMILES string of the molecule is O=C(Nc1nnc(Cc2ccccc2)s1)c1nc(-c2ccccc2)n(-c2ccccc2)n1. The number of nitrogens with one attached hydrogen (secondary N) is 1. The number of carbonyl (C=O) groups excluding carboxylic acids is 1. The van der Waals surface area contributed by atoms with Gasteiger partial charge in [0.2, 0.25) is 11.0 Å². The number of amides is 1. The predicted octanol–water partition coefficient (Wildman–Crippen LogP) is 4.63. The van der Waals surface area contributed by atoms with Crippen LogP contribution in [-0.4, -0.2) is 30.9 Å². The third-order valence-corrected chi connectivity index (χ3v) is 5.57. The van der Waals surface area contributed by atoms with Gasteiger partial charge in [0.25, 0.3) is 5.91 Å². The van der Waals surface area contributed by atoms with Crippen molar-refractivity contribution in [3.63, 3.8) is 0 Å². The number of rotatable bonds is 6. The molecule has 32 heavy (non-hydrogen) atoms. The fourth-order valence-corrected chi connectivity index (χ4v) is 4.00. The highest BCUT2D eigenvalue weighted by Gasteiger charge is 2.20. The molecule has 0 bridgehead atoms. The van der Waals surface area contributed by atoms with E-state index in [0.29, 0.717) is 17.4 Å². The normalized spacial score (nSPS) is 10.8. The molecule has 0 aliphatic heterocycles. The Morgan fingerprint density at radius 3 is 2.22 bits per heavy atom. The maximum absolute atomic E-state index is 12.9. The van der Waals surface area contributed by atoms with E-state index in [0.717, 1.165) is 21.8 Å². The van der Waals surface area contributed by atoms with Crippen LogP contribution in [0.2, 0.25) is 0 Å². The first kappa shape index (κ1) is 19.8. The number of benzene rings is 3. The molecule has 0 fully saturated rings. The topological polar surface area (TPSA) is 85.6 Å². The van der Waals surface area contributed by atoms with Gasteiger partial charge in [-0.25, -0.2) is 9.67 Å². The monoisotopic (exact) mass is 438 g/mol. The lowest BCUT2D eigenvalue weighted by atomic mass is 10.2. The van der Waals surface area contributed by atoms with Crippen LogP contribution < -0.4 is 5.32 Å². The Morgan fingerprint density at radius 2 is 1.50 bits per heavy atom. The first-order valence-corrected chi connectivity index (χ1v) is 10.8. The second kappa shape index (κ2) is 8.91. The molecule has 2 heterocycles. The molecular formula is C24H18N6OS. The summed E-state index contributed by atoms with van der Waals surface area (Å²) in [6.45, 7) is 0. The lowest BCUT2D eigenvalue weighted by molar-refractivity contribution is 0.101. The molecule has 1 amide bonds. The third-order valence-electron chi connectivity index (χ3n) is 4.73. The molecule has 0 aliphatic rings. The summed E-state index contributed by atoms with van der Waals surface area (Å²) in [7, 11) is 0. The molecule has 0 atom stereocenters. The van der Waals surface area contributed by atoms with E-state index in [-0.39, 0.29) is 5.82 Å². The number of hydrogen-bond acceptors (Lipinski definition) is 6. The Hall–Kier alpha value is -4.17. The van der Waals surface area contributed by atoms with Crippen LogP contribution in [-0.2, 0) is 6.42 Å². The average molecular weight is 439 g/mol. The minimum atomic E-state index is -0.431. The molecule has 0 aliphatic carbocycles. The van der Waals surface area contributed by atoms with Gasteiger partial charge in [-0.2, -0.15) is 0 Å². The molecule has 0 spiro atoms. The highest BCUT2D eigenvalue weighted by atomic mass is 32.1. The molecule has 0 saturated carbocycles. The summed E-state index contributed by atoms with van der Waals surface area (Å²) in [5.41, 5.74) is 2.82. The minimum absolute atomic E-state index is 0.0625. The largest absolute Gasteiger partial charge is 0.297 e. The summed E-state index contributed by atoms with van der Waals surface area (Å²) >= 11 is 1.34. The van der Waals surface area contributed by atoms with Crippen molar-refractivity contribution in [3.8, 4) is 17.1 Å². The molecule has 0 saturated heterocycles. The van der Waals surface area contributed by atoms with Crippen molar-refractivity contribution in [2.45, 2.75) is 6.42 Å². The van der Waals surface area contributed by atoms with Gasteiger partial charge in [0, 0.05) is 12.0 Å². The van der Waals surface area contributed by atoms with Gasteiger partial charge in [0.15, 0.2) is 5.82 Å². The van der Waals surface area contributed by atoms with Gasteiger partial charge in [-0.15, -0.1) is 15.3 Å². The van der Waals surface area contributed by atoms with E-state index in [2.05, 4.69) is 25.6 Å². The quantitative estimate of drug-likeness (QED) is 0.418. The van der Waals surface area contributed by atoms with Crippen LogP contribution in [0.15, 0.2) is 91.0 Å². The molecule has 156 valence electrons. The molecule has 5 aromatic rings. The summed E-state index contributed by atoms with van der Waals surface area (Å²) in [5.74, 6) is 0.218. The fourth-order valence-electron chi connectivity index (χ4n) is 3.23. The molecule has 1 N–H and O–H groups in total. The molecule has 2 aromatic heterocycles. The number of nitrogens with zero attached hydrogens (tertiary/aromatic N) is 5. The number of para-hydroxylation sites is 1. The summed E-state index contributed by atoms with van der Waals surface area (Å²) < 4.78 is 1.67. The smallest absolute Gasteiger partial charge is 0.294 e. The summed E-state index contributed by atoms with van der Waals surface area (Å²) in [5, 5.41) is 16.8. The molecular weight excluding hydrogens is 420 g/mol. The number of carbonyl (C=O) groups is 1. The van der Waals surface area contributed by atoms with Crippen LogP contribution in [0.5, 0.6) is 0 Å². The predicted molar refractivity (Wildman–Crippen MR) is 124 cm³/mol. The van der Waals surface area contributed by atoms with Crippen molar-refractivity contribution in [3.05, 3.63) is 107 Å². The molecule has 5 rings (SSSR count). The zero-order chi connectivity index (χ0) is 21.8. The van der Waals surface area contributed by atoms with Gasteiger partial charge < -0.3 is 0 Å². The van der Waals surface area contributed by atoms with E-state index in [4.69, 9.17) is 0 Å². The first-order chi connectivity index (χ1) is 15.8. The molecule has 0 radical (unpaired) electrons. The first-order valence-electron chi connectivity index (χ1n) is 10.0. The highest BCUT2D eigenvalue weighted by Crippen LogP contribution is 2.22. The van der Waals surface area contributed by atoms with Crippen LogP contribution in [0, 0.1) is 0 Å². The Kier molecular flexibility index (Phi) is 5.50. The minimum Gasteiger partial charge on any atom is -0.294 e. The zero-order valence-corrected chi connectivity index (χ0v) is 17.7. The average Bonchev–Trinajstić information content (AvgIpc) is 3.48. The van der Waals surface area contributed by atoms with Gasteiger partial charge in [-0.05, 0) is 17.7 Å². The number of hydrogen-bond donors (Lipinski definition) is 1. The summed E-state index contributed by atoms with van der Waals surface area (Å²) in [6.07, 6.45) is 0.660. The fraction of sp³-hybridized carbons (Fsp3) is 0.0417. The van der Waals surface area contributed by atoms with Gasteiger partial charge in [-0.3, -0.25) is 10.1 Å². The van der Waals surface area contributed by atoms with E-state index in [1.54, 1.807) is 4.68 Å². The number of aromatic nitrogens is 5. The molecule has 0 unspecified atom stereocenters. The second-order valence-corrected chi connectivity index (χ2v) is 8.05. The standard InChI is InChI=1S/C24H18N6OS/c31-23(26-24-28-27-20(32-24)16-17-10-4-1-5-11-17)21-25-22(18-12-6-2-7-13-18)30(29-21)19-14-8-3-9-15-19/h1-15H,16H2,(H,26,28,31). The van der Waals surface area contributed by atoms with E-state index < -0.39 is 5.91 Å². The lowest BCUT2D eigenvalue weighted by Crippen LogP contribution is -2.14. The van der Waals surface area contributed by atoms with Gasteiger partial charge in [0.05, 0.1) is 5.69 Å². The van der Waals surface area contributed by atoms with Crippen molar-refractivity contribution < 1.29 is 4.79 Å². The van der Waals surface area contributed by atoms with E-state index in [9.17, 15) is 4.79 Å². The van der Waals surface area contributed by atoms with Crippen LogP contribution in [0.1, 0.15) is 21.2 Å². The van der Waals surface area contributed by atoms with Crippen molar-refractivity contribution in [2.75, 3.05) is 5.32 Å². The van der Waals surface area contributed by atoms with E-state index in [1.165, 1.54) is 11.3 Å². The highest BCUT2D eigenvalue weighted by molar-refractivity contribution is 7.15. The maximum Gasteiger partial charge on any atom is 0.297 e. The maximum atomic E-state index is 12.9. The third kappa shape index (κ3) is 4.30. The summed E-state index contributed by atoms with van der Waals surface area (Å²) in [4.78, 5) is 17.4. The van der Waals surface area contributed by atoms with Crippen LogP contribution in [0.25, 0.3) is 17.1 Å². The van der Waals surface area contributed by atoms with E-state index >= 15 is 0 Å². The van der Waals surface area contributed by atoms with Crippen molar-refractivity contribution in [2.24, 2.45) is 0 Å². The van der Waals surface area contributed by atoms with Crippen LogP contribution in [0.4, 0.5) is 5.13 Å². The molecule has 7 nitrogen and oxygen atoms in total. The van der Waals surface area contributed by atoms with Crippen molar-refractivity contribution in [1.29, 1.82) is 0 Å². The van der Waals surface area contributed by atoms with Gasteiger partial charge in [0.1, 0.15) is 5.01 Å². The van der Waals surface area contributed by atoms with E-state index in [1.807, 2.05) is 91.0 Å². The Morgan fingerprint density at radius 1 is 0.844 bits per heavy atom. The Labute approximate surface area is 188 Å². The Balaban J connectivity index is 1.40.